The van der Waals surface area contributed by atoms with Crippen LogP contribution in [0.5, 0.6) is 5.75 Å². The molecule has 0 fully saturated rings. The highest BCUT2D eigenvalue weighted by molar-refractivity contribution is 5.85. The fourth-order valence-corrected chi connectivity index (χ4v) is 2.45. The van der Waals surface area contributed by atoms with Crippen molar-refractivity contribution in [1.82, 2.24) is 10.3 Å². The van der Waals surface area contributed by atoms with Crippen molar-refractivity contribution < 1.29 is 4.74 Å². The van der Waals surface area contributed by atoms with Gasteiger partial charge in [-0.3, -0.25) is 4.98 Å². The highest BCUT2D eigenvalue weighted by atomic mass is 35.5. The summed E-state index contributed by atoms with van der Waals surface area (Å²) >= 11 is 0. The van der Waals surface area contributed by atoms with Crippen molar-refractivity contribution in [3.63, 3.8) is 0 Å². The average molecular weight is 355 g/mol. The first-order valence-corrected chi connectivity index (χ1v) is 8.16. The third-order valence-corrected chi connectivity index (χ3v) is 3.81. The molecule has 3 nitrogen and oxygen atoms in total. The normalized spacial score (nSPS) is 10.1. The SMILES string of the molecule is Cc1ccc(COc2cccc(CNCc3cccnc3)c2)cc1.Cl. The summed E-state index contributed by atoms with van der Waals surface area (Å²) in [5.74, 6) is 0.899. The predicted molar refractivity (Wildman–Crippen MR) is 104 cm³/mol. The van der Waals surface area contributed by atoms with E-state index in [1.165, 1.54) is 22.3 Å². The summed E-state index contributed by atoms with van der Waals surface area (Å²) in [6.45, 7) is 4.29. The van der Waals surface area contributed by atoms with Crippen LogP contribution in [0.3, 0.4) is 0 Å². The van der Waals surface area contributed by atoms with Crippen molar-refractivity contribution in [1.29, 1.82) is 0 Å². The number of aryl methyl sites for hydroxylation is 1. The summed E-state index contributed by atoms with van der Waals surface area (Å²) < 4.78 is 5.90. The predicted octanol–water partition coefficient (Wildman–Crippen LogP) is 4.68. The lowest BCUT2D eigenvalue weighted by Gasteiger charge is -2.09. The van der Waals surface area contributed by atoms with Crippen molar-refractivity contribution in [3.8, 4) is 5.75 Å². The van der Waals surface area contributed by atoms with Crippen LogP contribution < -0.4 is 10.1 Å². The number of halogens is 1. The molecule has 0 aliphatic heterocycles. The van der Waals surface area contributed by atoms with E-state index in [0.29, 0.717) is 6.61 Å². The molecule has 25 heavy (non-hydrogen) atoms. The number of nitrogens with zero attached hydrogens (tertiary/aromatic N) is 1. The van der Waals surface area contributed by atoms with Gasteiger partial charge in [0.1, 0.15) is 12.4 Å². The molecular formula is C21H23ClN2O. The molecule has 0 unspecified atom stereocenters. The van der Waals surface area contributed by atoms with E-state index < -0.39 is 0 Å². The van der Waals surface area contributed by atoms with Crippen LogP contribution in [-0.4, -0.2) is 4.98 Å². The maximum atomic E-state index is 5.90. The van der Waals surface area contributed by atoms with Gasteiger partial charge in [0.25, 0.3) is 0 Å². The second-order valence-corrected chi connectivity index (χ2v) is 5.89. The average Bonchev–Trinajstić information content (AvgIpc) is 2.63. The van der Waals surface area contributed by atoms with E-state index in [9.17, 15) is 0 Å². The molecule has 0 saturated heterocycles. The van der Waals surface area contributed by atoms with Crippen LogP contribution in [0.25, 0.3) is 0 Å². The Morgan fingerprint density at radius 3 is 2.40 bits per heavy atom. The van der Waals surface area contributed by atoms with E-state index in [2.05, 4.69) is 59.7 Å². The Morgan fingerprint density at radius 1 is 0.880 bits per heavy atom. The van der Waals surface area contributed by atoms with Crippen molar-refractivity contribution in [2.45, 2.75) is 26.6 Å². The standard InChI is InChI=1S/C21H22N2O.ClH/c1-17-7-9-18(10-8-17)16-24-21-6-2-4-19(12-21)13-23-15-20-5-3-11-22-14-20;/h2-12,14,23H,13,15-16H2,1H3;1H. The van der Waals surface area contributed by atoms with E-state index in [4.69, 9.17) is 4.74 Å². The molecule has 1 N–H and O–H groups in total. The third kappa shape index (κ3) is 6.22. The van der Waals surface area contributed by atoms with Gasteiger partial charge in [0, 0.05) is 25.5 Å². The number of aromatic nitrogens is 1. The van der Waals surface area contributed by atoms with E-state index in [1.54, 1.807) is 6.20 Å². The van der Waals surface area contributed by atoms with Gasteiger partial charge < -0.3 is 10.1 Å². The van der Waals surface area contributed by atoms with E-state index in [0.717, 1.165) is 18.8 Å². The van der Waals surface area contributed by atoms with Crippen LogP contribution in [0, 0.1) is 6.92 Å². The van der Waals surface area contributed by atoms with Crippen molar-refractivity contribution in [2.24, 2.45) is 0 Å². The second-order valence-electron chi connectivity index (χ2n) is 5.89. The zero-order valence-electron chi connectivity index (χ0n) is 14.3. The highest BCUT2D eigenvalue weighted by Gasteiger charge is 1.99. The Bertz CT molecular complexity index is 760. The van der Waals surface area contributed by atoms with Crippen LogP contribution >= 0.6 is 12.4 Å². The largest absolute Gasteiger partial charge is 0.489 e. The minimum Gasteiger partial charge on any atom is -0.489 e. The molecule has 2 aromatic carbocycles. The number of ether oxygens (including phenoxy) is 1. The van der Waals surface area contributed by atoms with Gasteiger partial charge in [0.15, 0.2) is 0 Å². The van der Waals surface area contributed by atoms with Gasteiger partial charge in [-0.05, 0) is 41.8 Å². The fourth-order valence-electron chi connectivity index (χ4n) is 2.45. The van der Waals surface area contributed by atoms with Crippen molar-refractivity contribution in [3.05, 3.63) is 95.3 Å². The molecule has 3 rings (SSSR count). The zero-order valence-corrected chi connectivity index (χ0v) is 15.1. The molecule has 0 aliphatic rings. The molecule has 4 heteroatoms. The van der Waals surface area contributed by atoms with Gasteiger partial charge >= 0.3 is 0 Å². The lowest BCUT2D eigenvalue weighted by molar-refractivity contribution is 0.306. The molecule has 1 aromatic heterocycles. The van der Waals surface area contributed by atoms with Gasteiger partial charge in [-0.2, -0.15) is 0 Å². The third-order valence-electron chi connectivity index (χ3n) is 3.81. The molecule has 0 aliphatic carbocycles. The molecule has 0 bridgehead atoms. The van der Waals surface area contributed by atoms with Crippen LogP contribution in [0.4, 0.5) is 0 Å². The molecule has 0 amide bonds. The van der Waals surface area contributed by atoms with Gasteiger partial charge in [-0.15, -0.1) is 12.4 Å². The Labute approximate surface area is 155 Å². The van der Waals surface area contributed by atoms with Crippen molar-refractivity contribution in [2.75, 3.05) is 0 Å². The van der Waals surface area contributed by atoms with Gasteiger partial charge in [0.05, 0.1) is 0 Å². The lowest BCUT2D eigenvalue weighted by Crippen LogP contribution is -2.12. The Hall–Kier alpha value is -2.36. The quantitative estimate of drug-likeness (QED) is 0.668. The Morgan fingerprint density at radius 2 is 1.64 bits per heavy atom. The van der Waals surface area contributed by atoms with Crippen LogP contribution in [0.2, 0.25) is 0 Å². The summed E-state index contributed by atoms with van der Waals surface area (Å²) in [7, 11) is 0. The number of pyridine rings is 1. The van der Waals surface area contributed by atoms with E-state index in [1.807, 2.05) is 24.4 Å². The van der Waals surface area contributed by atoms with Crippen LogP contribution in [-0.2, 0) is 19.7 Å². The first-order valence-electron chi connectivity index (χ1n) is 8.16. The number of benzene rings is 2. The summed E-state index contributed by atoms with van der Waals surface area (Å²) in [5, 5.41) is 3.43. The maximum Gasteiger partial charge on any atom is 0.120 e. The molecule has 0 atom stereocenters. The number of hydrogen-bond acceptors (Lipinski definition) is 3. The number of hydrogen-bond donors (Lipinski definition) is 1. The van der Waals surface area contributed by atoms with Crippen molar-refractivity contribution >= 4 is 12.4 Å². The zero-order chi connectivity index (χ0) is 16.6. The minimum atomic E-state index is 0. The summed E-state index contributed by atoms with van der Waals surface area (Å²) in [6.07, 6.45) is 3.67. The number of nitrogens with one attached hydrogen (secondary N) is 1. The molecule has 0 spiro atoms. The topological polar surface area (TPSA) is 34.1 Å². The summed E-state index contributed by atoms with van der Waals surface area (Å²) in [4.78, 5) is 4.12. The molecule has 1 heterocycles. The first-order chi connectivity index (χ1) is 11.8. The van der Waals surface area contributed by atoms with Crippen LogP contribution in [0.1, 0.15) is 22.3 Å². The van der Waals surface area contributed by atoms with E-state index in [-0.39, 0.29) is 12.4 Å². The minimum absolute atomic E-state index is 0. The Kier molecular flexibility index (Phi) is 7.45. The smallest absolute Gasteiger partial charge is 0.120 e. The summed E-state index contributed by atoms with van der Waals surface area (Å²) in [6, 6.07) is 20.7. The van der Waals surface area contributed by atoms with E-state index >= 15 is 0 Å². The lowest BCUT2D eigenvalue weighted by atomic mass is 10.1. The molecule has 130 valence electrons. The van der Waals surface area contributed by atoms with Gasteiger partial charge in [0.2, 0.25) is 0 Å². The first kappa shape index (κ1) is 19.0. The Balaban J connectivity index is 0.00000225. The maximum absolute atomic E-state index is 5.90. The second kappa shape index (κ2) is 9.82. The van der Waals surface area contributed by atoms with Gasteiger partial charge in [-0.1, -0.05) is 48.0 Å². The molecule has 0 radical (unpaired) electrons. The van der Waals surface area contributed by atoms with Crippen LogP contribution in [0.15, 0.2) is 73.1 Å². The molecule has 3 aromatic rings. The highest BCUT2D eigenvalue weighted by Crippen LogP contribution is 2.15. The summed E-state index contributed by atoms with van der Waals surface area (Å²) in [5.41, 5.74) is 4.84. The fraction of sp³-hybridized carbons (Fsp3) is 0.190. The molecule has 0 saturated carbocycles. The monoisotopic (exact) mass is 354 g/mol. The molecular weight excluding hydrogens is 332 g/mol. The van der Waals surface area contributed by atoms with Gasteiger partial charge in [-0.25, -0.2) is 0 Å². The number of rotatable bonds is 7.